The van der Waals surface area contributed by atoms with Crippen LogP contribution in [0.25, 0.3) is 28.0 Å². The summed E-state index contributed by atoms with van der Waals surface area (Å²) in [6, 6.07) is 16.7. The highest BCUT2D eigenvalue weighted by atomic mass is 16.2. The Labute approximate surface area is 144 Å². The molecule has 1 heterocycles. The van der Waals surface area contributed by atoms with Gasteiger partial charge in [0.15, 0.2) is 0 Å². The van der Waals surface area contributed by atoms with Crippen molar-refractivity contribution in [2.75, 3.05) is 0 Å². The number of nitrogens with one attached hydrogen (secondary N) is 1. The van der Waals surface area contributed by atoms with E-state index in [1.54, 1.807) is 24.3 Å². The average molecular weight is 324 g/mol. The van der Waals surface area contributed by atoms with Crippen molar-refractivity contribution in [1.82, 2.24) is 5.32 Å². The van der Waals surface area contributed by atoms with Crippen molar-refractivity contribution in [2.45, 2.75) is 0 Å². The Kier molecular flexibility index (Phi) is 3.23. The van der Waals surface area contributed by atoms with Gasteiger partial charge in [0.25, 0.3) is 11.8 Å². The van der Waals surface area contributed by atoms with E-state index >= 15 is 0 Å². The lowest BCUT2D eigenvalue weighted by molar-refractivity contribution is 0.0880. The van der Waals surface area contributed by atoms with E-state index in [9.17, 15) is 14.9 Å². The van der Waals surface area contributed by atoms with Crippen LogP contribution in [-0.2, 0) is 0 Å². The zero-order valence-electron chi connectivity index (χ0n) is 13.2. The van der Waals surface area contributed by atoms with Crippen molar-refractivity contribution in [2.24, 2.45) is 0 Å². The van der Waals surface area contributed by atoms with Gasteiger partial charge in [0.2, 0.25) is 0 Å². The van der Waals surface area contributed by atoms with Gasteiger partial charge >= 0.3 is 0 Å². The SMILES string of the molecule is C=Cc1c(-c2ccccc2)c2c(c3cccc(C#N)c13)C(=O)NC2=O. The van der Waals surface area contributed by atoms with E-state index in [1.165, 1.54) is 0 Å². The minimum absolute atomic E-state index is 0.321. The molecule has 1 aliphatic rings. The predicted molar refractivity (Wildman–Crippen MR) is 96.0 cm³/mol. The molecule has 0 fully saturated rings. The summed E-state index contributed by atoms with van der Waals surface area (Å²) in [6.07, 6.45) is 1.64. The fourth-order valence-corrected chi connectivity index (χ4v) is 3.46. The first-order valence-electron chi connectivity index (χ1n) is 7.73. The lowest BCUT2D eigenvalue weighted by Crippen LogP contribution is -2.20. The molecule has 4 heteroatoms. The fourth-order valence-electron chi connectivity index (χ4n) is 3.46. The molecular weight excluding hydrogens is 312 g/mol. The van der Waals surface area contributed by atoms with Crippen LogP contribution in [0.15, 0.2) is 55.1 Å². The Bertz CT molecular complexity index is 1120. The predicted octanol–water partition coefficient (Wildman–Crippen LogP) is 3.91. The molecule has 4 nitrogen and oxygen atoms in total. The number of nitrogens with zero attached hydrogens (tertiary/aromatic N) is 1. The summed E-state index contributed by atoms with van der Waals surface area (Å²) < 4.78 is 0. The van der Waals surface area contributed by atoms with Gasteiger partial charge in [0.05, 0.1) is 22.8 Å². The second-order valence-electron chi connectivity index (χ2n) is 5.73. The van der Waals surface area contributed by atoms with Crippen molar-refractivity contribution in [3.63, 3.8) is 0 Å². The molecule has 0 unspecified atom stereocenters. The first kappa shape index (κ1) is 14.9. The van der Waals surface area contributed by atoms with E-state index in [-0.39, 0.29) is 0 Å². The Balaban J connectivity index is 2.32. The summed E-state index contributed by atoms with van der Waals surface area (Å²) in [5.41, 5.74) is 3.22. The highest BCUT2D eigenvalue weighted by Gasteiger charge is 2.34. The molecule has 0 atom stereocenters. The first-order chi connectivity index (χ1) is 12.2. The van der Waals surface area contributed by atoms with Crippen LogP contribution < -0.4 is 5.32 Å². The molecule has 0 radical (unpaired) electrons. The number of carbonyl (C=O) groups is 2. The molecule has 1 N–H and O–H groups in total. The first-order valence-corrected chi connectivity index (χ1v) is 7.73. The van der Waals surface area contributed by atoms with E-state index in [1.807, 2.05) is 30.3 Å². The van der Waals surface area contributed by atoms with Gasteiger partial charge in [0, 0.05) is 10.9 Å². The van der Waals surface area contributed by atoms with Crippen LogP contribution in [0.4, 0.5) is 0 Å². The zero-order chi connectivity index (χ0) is 17.6. The summed E-state index contributed by atoms with van der Waals surface area (Å²) in [6.45, 7) is 3.89. The summed E-state index contributed by atoms with van der Waals surface area (Å²) >= 11 is 0. The molecule has 0 saturated heterocycles. The standard InChI is InChI=1S/C21H12N2O2/c1-2-14-16-13(11-22)9-6-10-15(16)18-19(21(25)23-20(18)24)17(14)12-7-4-3-5-8-12/h2-10H,1H2,(H,23,24,25). The normalized spacial score (nSPS) is 12.6. The molecule has 3 aromatic rings. The average Bonchev–Trinajstić information content (AvgIpc) is 2.95. The van der Waals surface area contributed by atoms with Gasteiger partial charge in [0.1, 0.15) is 0 Å². The third kappa shape index (κ3) is 2.00. The largest absolute Gasteiger partial charge is 0.288 e. The third-order valence-corrected chi connectivity index (χ3v) is 4.44. The Morgan fingerprint density at radius 1 is 0.920 bits per heavy atom. The number of rotatable bonds is 2. The van der Waals surface area contributed by atoms with E-state index in [2.05, 4.69) is 18.0 Å². The highest BCUT2D eigenvalue weighted by Crippen LogP contribution is 2.41. The Morgan fingerprint density at radius 3 is 2.32 bits per heavy atom. The van der Waals surface area contributed by atoms with Crippen molar-refractivity contribution >= 4 is 28.7 Å². The molecule has 3 aromatic carbocycles. The van der Waals surface area contributed by atoms with Crippen LogP contribution in [0.1, 0.15) is 31.8 Å². The summed E-state index contributed by atoms with van der Waals surface area (Å²) in [5, 5.41) is 13.1. The molecule has 25 heavy (non-hydrogen) atoms. The van der Waals surface area contributed by atoms with Crippen molar-refractivity contribution in [3.8, 4) is 17.2 Å². The van der Waals surface area contributed by atoms with Gasteiger partial charge in [-0.15, -0.1) is 0 Å². The van der Waals surface area contributed by atoms with Gasteiger partial charge < -0.3 is 0 Å². The smallest absolute Gasteiger partial charge is 0.259 e. The minimum atomic E-state index is -0.437. The molecule has 0 aromatic heterocycles. The number of imide groups is 1. The van der Waals surface area contributed by atoms with Gasteiger partial charge in [-0.1, -0.05) is 55.1 Å². The number of benzene rings is 3. The molecule has 2 amide bonds. The maximum Gasteiger partial charge on any atom is 0.259 e. The molecule has 4 rings (SSSR count). The zero-order valence-corrected chi connectivity index (χ0v) is 13.2. The van der Waals surface area contributed by atoms with Gasteiger partial charge in [-0.25, -0.2) is 0 Å². The lowest BCUT2D eigenvalue weighted by Gasteiger charge is -2.16. The van der Waals surface area contributed by atoms with Crippen LogP contribution in [0.5, 0.6) is 0 Å². The molecular formula is C21H12N2O2. The van der Waals surface area contributed by atoms with E-state index in [0.29, 0.717) is 38.6 Å². The molecule has 0 spiro atoms. The summed E-state index contributed by atoms with van der Waals surface area (Å²) in [5.74, 6) is -0.862. The van der Waals surface area contributed by atoms with E-state index in [0.717, 1.165) is 5.56 Å². The highest BCUT2D eigenvalue weighted by molar-refractivity contribution is 6.30. The van der Waals surface area contributed by atoms with Crippen LogP contribution in [0.3, 0.4) is 0 Å². The number of carbonyl (C=O) groups excluding carboxylic acids is 2. The minimum Gasteiger partial charge on any atom is -0.288 e. The van der Waals surface area contributed by atoms with Gasteiger partial charge in [-0.05, 0) is 22.6 Å². The van der Waals surface area contributed by atoms with Crippen molar-refractivity contribution in [3.05, 3.63) is 77.4 Å². The molecule has 0 saturated carbocycles. The van der Waals surface area contributed by atoms with Gasteiger partial charge in [-0.3, -0.25) is 14.9 Å². The molecule has 118 valence electrons. The van der Waals surface area contributed by atoms with Crippen LogP contribution in [-0.4, -0.2) is 11.8 Å². The van der Waals surface area contributed by atoms with Gasteiger partial charge in [-0.2, -0.15) is 5.26 Å². The molecule has 0 bridgehead atoms. The number of hydrogen-bond acceptors (Lipinski definition) is 3. The second kappa shape index (κ2) is 5.43. The van der Waals surface area contributed by atoms with Crippen molar-refractivity contribution in [1.29, 1.82) is 5.26 Å². The fraction of sp³-hybridized carbons (Fsp3) is 0. The molecule has 1 aliphatic heterocycles. The number of amides is 2. The quantitative estimate of drug-likeness (QED) is 0.727. The third-order valence-electron chi connectivity index (χ3n) is 4.44. The monoisotopic (exact) mass is 324 g/mol. The maximum atomic E-state index is 12.5. The molecule has 0 aliphatic carbocycles. The topological polar surface area (TPSA) is 70.0 Å². The second-order valence-corrected chi connectivity index (χ2v) is 5.73. The summed E-state index contributed by atoms with van der Waals surface area (Å²) in [7, 11) is 0. The van der Waals surface area contributed by atoms with E-state index < -0.39 is 11.8 Å². The van der Waals surface area contributed by atoms with Crippen LogP contribution >= 0.6 is 0 Å². The summed E-state index contributed by atoms with van der Waals surface area (Å²) in [4.78, 5) is 24.9. The Hall–Kier alpha value is -3.71. The Morgan fingerprint density at radius 2 is 1.64 bits per heavy atom. The van der Waals surface area contributed by atoms with E-state index in [4.69, 9.17) is 0 Å². The van der Waals surface area contributed by atoms with Crippen LogP contribution in [0.2, 0.25) is 0 Å². The number of fused-ring (bicyclic) bond motifs is 3. The number of hydrogen-bond donors (Lipinski definition) is 1. The number of nitriles is 1. The lowest BCUT2D eigenvalue weighted by atomic mass is 9.85. The maximum absolute atomic E-state index is 12.5. The van der Waals surface area contributed by atoms with Crippen molar-refractivity contribution < 1.29 is 9.59 Å². The van der Waals surface area contributed by atoms with Crippen LogP contribution in [0, 0.1) is 11.3 Å².